The van der Waals surface area contributed by atoms with Gasteiger partial charge in [-0.25, -0.2) is 4.39 Å². The van der Waals surface area contributed by atoms with Crippen LogP contribution in [0.5, 0.6) is 11.6 Å². The Morgan fingerprint density at radius 3 is 2.03 bits per heavy atom. The summed E-state index contributed by atoms with van der Waals surface area (Å²) in [4.78, 5) is 0. The summed E-state index contributed by atoms with van der Waals surface area (Å²) in [5.41, 5.74) is 2.98. The molecule has 4 aromatic rings. The van der Waals surface area contributed by atoms with E-state index in [0.717, 1.165) is 11.1 Å². The smallest absolute Gasteiger partial charge is 0.276 e. The third-order valence-corrected chi connectivity index (χ3v) is 4.34. The van der Waals surface area contributed by atoms with Gasteiger partial charge in [0.05, 0.1) is 0 Å². The van der Waals surface area contributed by atoms with Crippen molar-refractivity contribution in [1.29, 1.82) is 0 Å². The highest BCUT2D eigenvalue weighted by atomic mass is 19.1. The molecule has 0 aliphatic rings. The number of aromatic nitrogens is 2. The minimum Gasteiger partial charge on any atom is -0.483 e. The molecule has 152 valence electrons. The minimum atomic E-state index is -0.338. The molecule has 1 heterocycles. The fraction of sp³-hybridized carbons (Fsp3) is 0.0769. The zero-order valence-corrected chi connectivity index (χ0v) is 16.7. The van der Waals surface area contributed by atoms with E-state index in [9.17, 15) is 4.39 Å². The van der Waals surface area contributed by atoms with E-state index in [1.807, 2.05) is 60.7 Å². The first kappa shape index (κ1) is 20.1. The molecule has 31 heavy (non-hydrogen) atoms. The Hall–Kier alpha value is -4.17. The van der Waals surface area contributed by atoms with Crippen LogP contribution in [0.2, 0.25) is 0 Å². The maximum absolute atomic E-state index is 13.4. The molecule has 0 bridgehead atoms. The molecule has 0 unspecified atom stereocenters. The average molecular weight is 410 g/mol. The summed E-state index contributed by atoms with van der Waals surface area (Å²) in [6, 6.07) is 27.3. The van der Waals surface area contributed by atoms with Crippen LogP contribution in [0.4, 0.5) is 4.39 Å². The van der Waals surface area contributed by atoms with Crippen LogP contribution in [-0.4, -0.2) is 10.2 Å². The Morgan fingerprint density at radius 1 is 0.677 bits per heavy atom. The van der Waals surface area contributed by atoms with E-state index in [1.165, 1.54) is 12.1 Å². The van der Waals surface area contributed by atoms with Gasteiger partial charge in [-0.1, -0.05) is 72.7 Å². The second kappa shape index (κ2) is 10.0. The first-order valence-electron chi connectivity index (χ1n) is 9.75. The third kappa shape index (κ3) is 5.91. The van der Waals surface area contributed by atoms with Gasteiger partial charge in [0.25, 0.3) is 5.88 Å². The number of nitrogens with zero attached hydrogens (tertiary/aromatic N) is 2. The van der Waals surface area contributed by atoms with Gasteiger partial charge in [0.1, 0.15) is 24.7 Å². The number of benzene rings is 3. The van der Waals surface area contributed by atoms with Crippen molar-refractivity contribution in [3.63, 3.8) is 0 Å². The molecule has 0 saturated heterocycles. The Labute approximate surface area is 180 Å². The van der Waals surface area contributed by atoms with Gasteiger partial charge < -0.3 is 9.47 Å². The van der Waals surface area contributed by atoms with Crippen LogP contribution in [-0.2, 0) is 13.2 Å². The second-order valence-electron chi connectivity index (χ2n) is 6.71. The lowest BCUT2D eigenvalue weighted by molar-refractivity contribution is 0.244. The monoisotopic (exact) mass is 410 g/mol. The van der Waals surface area contributed by atoms with Crippen molar-refractivity contribution in [1.82, 2.24) is 10.2 Å². The first-order chi connectivity index (χ1) is 15.3. The largest absolute Gasteiger partial charge is 0.483 e. The van der Waals surface area contributed by atoms with Crippen LogP contribution < -0.4 is 9.47 Å². The molecule has 0 aliphatic carbocycles. The normalized spacial score (nSPS) is 10.1. The molecule has 0 fully saturated rings. The van der Waals surface area contributed by atoms with Gasteiger partial charge in [0.15, 0.2) is 5.75 Å². The van der Waals surface area contributed by atoms with Gasteiger partial charge in [0.2, 0.25) is 0 Å². The van der Waals surface area contributed by atoms with Crippen molar-refractivity contribution in [3.8, 4) is 23.5 Å². The molecule has 0 amide bonds. The van der Waals surface area contributed by atoms with E-state index in [0.29, 0.717) is 30.2 Å². The van der Waals surface area contributed by atoms with E-state index in [-0.39, 0.29) is 11.7 Å². The van der Waals surface area contributed by atoms with Gasteiger partial charge in [0, 0.05) is 11.6 Å². The highest BCUT2D eigenvalue weighted by Gasteiger charge is 2.11. The van der Waals surface area contributed by atoms with Gasteiger partial charge in [-0.3, -0.25) is 0 Å². The number of hydrogen-bond acceptors (Lipinski definition) is 4. The number of halogens is 1. The van der Waals surface area contributed by atoms with E-state index in [2.05, 4.69) is 22.0 Å². The molecule has 3 aromatic carbocycles. The molecule has 1 aromatic heterocycles. The number of rotatable bonds is 6. The second-order valence-corrected chi connectivity index (χ2v) is 6.71. The topological polar surface area (TPSA) is 44.2 Å². The quantitative estimate of drug-likeness (QED) is 0.411. The fourth-order valence-electron chi connectivity index (χ4n) is 2.79. The van der Waals surface area contributed by atoms with Crippen LogP contribution in [0.3, 0.4) is 0 Å². The summed E-state index contributed by atoms with van der Waals surface area (Å²) in [7, 11) is 0. The zero-order valence-electron chi connectivity index (χ0n) is 16.7. The van der Waals surface area contributed by atoms with E-state index >= 15 is 0 Å². The summed E-state index contributed by atoms with van der Waals surface area (Å²) in [5, 5.41) is 8.28. The van der Waals surface area contributed by atoms with Crippen LogP contribution in [0, 0.1) is 17.7 Å². The van der Waals surface area contributed by atoms with Crippen molar-refractivity contribution >= 4 is 0 Å². The van der Waals surface area contributed by atoms with Crippen molar-refractivity contribution in [2.45, 2.75) is 13.2 Å². The standard InChI is InChI=1S/C26H19FN2O2/c27-23-13-7-12-20(16-23)14-15-24-17-25(30-18-21-8-3-1-4-9-21)26(29-28-24)31-19-22-10-5-2-6-11-22/h1-13,16-17H,18-19H2. The molecular formula is C26H19FN2O2. The van der Waals surface area contributed by atoms with Crippen LogP contribution in [0.1, 0.15) is 22.4 Å². The minimum absolute atomic E-state index is 0.288. The lowest BCUT2D eigenvalue weighted by Gasteiger charge is -2.11. The zero-order chi connectivity index (χ0) is 21.3. The SMILES string of the molecule is Fc1cccc(C#Cc2cc(OCc3ccccc3)c(OCc3ccccc3)nn2)c1. The van der Waals surface area contributed by atoms with E-state index < -0.39 is 0 Å². The summed E-state index contributed by atoms with van der Waals surface area (Å²) in [6.07, 6.45) is 0. The molecule has 0 atom stereocenters. The van der Waals surface area contributed by atoms with Gasteiger partial charge >= 0.3 is 0 Å². The molecule has 4 rings (SSSR count). The highest BCUT2D eigenvalue weighted by molar-refractivity contribution is 5.44. The molecule has 0 N–H and O–H groups in total. The molecule has 4 nitrogen and oxygen atoms in total. The van der Waals surface area contributed by atoms with E-state index in [1.54, 1.807) is 18.2 Å². The van der Waals surface area contributed by atoms with Crippen molar-refractivity contribution in [2.75, 3.05) is 0 Å². The molecule has 5 heteroatoms. The Bertz CT molecular complexity index is 1200. The molecule has 0 saturated carbocycles. The lowest BCUT2D eigenvalue weighted by Crippen LogP contribution is -2.04. The average Bonchev–Trinajstić information content (AvgIpc) is 2.82. The molecular weight excluding hydrogens is 391 g/mol. The summed E-state index contributed by atoms with van der Waals surface area (Å²) < 4.78 is 25.2. The molecule has 0 aliphatic heterocycles. The maximum Gasteiger partial charge on any atom is 0.276 e. The Morgan fingerprint density at radius 2 is 1.35 bits per heavy atom. The third-order valence-electron chi connectivity index (χ3n) is 4.34. The van der Waals surface area contributed by atoms with Crippen molar-refractivity contribution < 1.29 is 13.9 Å². The summed E-state index contributed by atoms with van der Waals surface area (Å²) in [6.45, 7) is 0.691. The van der Waals surface area contributed by atoms with E-state index in [4.69, 9.17) is 9.47 Å². The lowest BCUT2D eigenvalue weighted by atomic mass is 10.2. The van der Waals surface area contributed by atoms with Crippen molar-refractivity contribution in [2.24, 2.45) is 0 Å². The maximum atomic E-state index is 13.4. The van der Waals surface area contributed by atoms with Crippen LogP contribution in [0.25, 0.3) is 0 Å². The first-order valence-corrected chi connectivity index (χ1v) is 9.75. The van der Waals surface area contributed by atoms with Crippen LogP contribution >= 0.6 is 0 Å². The van der Waals surface area contributed by atoms with Gasteiger partial charge in [-0.2, -0.15) is 0 Å². The number of hydrogen-bond donors (Lipinski definition) is 0. The predicted octanol–water partition coefficient (Wildman–Crippen LogP) is 5.17. The summed E-state index contributed by atoms with van der Waals surface area (Å²) in [5.74, 6) is 6.19. The fourth-order valence-corrected chi connectivity index (χ4v) is 2.79. The molecule has 0 radical (unpaired) electrons. The Balaban J connectivity index is 1.56. The van der Waals surface area contributed by atoms with Gasteiger partial charge in [-0.15, -0.1) is 10.2 Å². The van der Waals surface area contributed by atoms with Crippen molar-refractivity contribution in [3.05, 3.63) is 119 Å². The molecule has 0 spiro atoms. The summed E-state index contributed by atoms with van der Waals surface area (Å²) >= 11 is 0. The van der Waals surface area contributed by atoms with Gasteiger partial charge in [-0.05, 0) is 35.2 Å². The van der Waals surface area contributed by atoms with Crippen LogP contribution in [0.15, 0.2) is 91.0 Å². The Kier molecular flexibility index (Phi) is 6.51. The number of ether oxygens (including phenoxy) is 2. The highest BCUT2D eigenvalue weighted by Crippen LogP contribution is 2.26. The predicted molar refractivity (Wildman–Crippen MR) is 116 cm³/mol.